The van der Waals surface area contributed by atoms with Crippen LogP contribution in [-0.4, -0.2) is 22.9 Å². The van der Waals surface area contributed by atoms with E-state index in [1.807, 2.05) is 0 Å². The van der Waals surface area contributed by atoms with Crippen LogP contribution in [0, 0.1) is 0 Å². The predicted octanol–water partition coefficient (Wildman–Crippen LogP) is 1.48. The third-order valence-corrected chi connectivity index (χ3v) is 1.52. The van der Waals surface area contributed by atoms with Crippen LogP contribution >= 0.6 is 0 Å². The first kappa shape index (κ1) is 10.7. The van der Waals surface area contributed by atoms with Crippen LogP contribution in [0.3, 0.4) is 0 Å². The third-order valence-electron chi connectivity index (χ3n) is 1.52. The molecule has 0 radical (unpaired) electrons. The maximum absolute atomic E-state index is 8.94. The van der Waals surface area contributed by atoms with Crippen molar-refractivity contribution in [3.63, 3.8) is 0 Å². The molecule has 0 fully saturated rings. The highest BCUT2D eigenvalue weighted by atomic mass is 16.3. The Hall–Kier alpha value is -0.340. The molecule has 66 valence electrons. The maximum atomic E-state index is 8.94. The van der Waals surface area contributed by atoms with Gasteiger partial charge in [0.25, 0.3) is 0 Å². The molecule has 0 amide bonds. The SMILES string of the molecule is CC/C=C/CCCC(O)CO. The van der Waals surface area contributed by atoms with Crippen LogP contribution in [0.25, 0.3) is 0 Å². The first-order valence-corrected chi connectivity index (χ1v) is 4.25. The second-order valence-electron chi connectivity index (χ2n) is 2.65. The molecule has 0 aliphatic carbocycles. The Bertz CT molecular complexity index is 99.7. The largest absolute Gasteiger partial charge is 0.394 e. The molecule has 0 heterocycles. The smallest absolute Gasteiger partial charge is 0.0771 e. The Kier molecular flexibility index (Phi) is 7.52. The second kappa shape index (κ2) is 7.76. The summed E-state index contributed by atoms with van der Waals surface area (Å²) in [5.41, 5.74) is 0. The summed E-state index contributed by atoms with van der Waals surface area (Å²) >= 11 is 0. The molecule has 0 spiro atoms. The fraction of sp³-hybridized carbons (Fsp3) is 0.778. The van der Waals surface area contributed by atoms with Crippen molar-refractivity contribution in [2.45, 2.75) is 38.7 Å². The number of aliphatic hydroxyl groups excluding tert-OH is 2. The molecule has 0 bridgehead atoms. The molecule has 2 N–H and O–H groups in total. The van der Waals surface area contributed by atoms with E-state index in [0.717, 1.165) is 19.3 Å². The van der Waals surface area contributed by atoms with Crippen molar-refractivity contribution in [1.82, 2.24) is 0 Å². The fourth-order valence-electron chi connectivity index (χ4n) is 0.847. The van der Waals surface area contributed by atoms with Gasteiger partial charge in [-0.25, -0.2) is 0 Å². The monoisotopic (exact) mass is 158 g/mol. The molecule has 2 nitrogen and oxygen atoms in total. The molecular weight excluding hydrogens is 140 g/mol. The van der Waals surface area contributed by atoms with E-state index in [0.29, 0.717) is 6.42 Å². The quantitative estimate of drug-likeness (QED) is 0.454. The number of aliphatic hydroxyl groups is 2. The number of hydrogen-bond donors (Lipinski definition) is 2. The fourth-order valence-corrected chi connectivity index (χ4v) is 0.847. The van der Waals surface area contributed by atoms with Crippen LogP contribution < -0.4 is 0 Å². The Labute approximate surface area is 68.6 Å². The number of rotatable bonds is 6. The van der Waals surface area contributed by atoms with Crippen LogP contribution in [0.1, 0.15) is 32.6 Å². The van der Waals surface area contributed by atoms with Crippen molar-refractivity contribution in [1.29, 1.82) is 0 Å². The molecule has 0 aromatic carbocycles. The van der Waals surface area contributed by atoms with Gasteiger partial charge in [-0.1, -0.05) is 19.1 Å². The maximum Gasteiger partial charge on any atom is 0.0771 e. The number of allylic oxidation sites excluding steroid dienone is 2. The van der Waals surface area contributed by atoms with Crippen LogP contribution in [-0.2, 0) is 0 Å². The van der Waals surface area contributed by atoms with E-state index in [4.69, 9.17) is 10.2 Å². The average Bonchev–Trinajstić information content (AvgIpc) is 2.04. The zero-order valence-corrected chi connectivity index (χ0v) is 7.16. The Morgan fingerprint density at radius 1 is 1.36 bits per heavy atom. The first-order valence-electron chi connectivity index (χ1n) is 4.25. The number of unbranched alkanes of at least 4 members (excludes halogenated alkanes) is 1. The highest BCUT2D eigenvalue weighted by Gasteiger charge is 1.98. The van der Waals surface area contributed by atoms with E-state index in [-0.39, 0.29) is 6.61 Å². The average molecular weight is 158 g/mol. The summed E-state index contributed by atoms with van der Waals surface area (Å²) in [5.74, 6) is 0. The summed E-state index contributed by atoms with van der Waals surface area (Å²) in [6, 6.07) is 0. The van der Waals surface area contributed by atoms with Crippen molar-refractivity contribution in [3.05, 3.63) is 12.2 Å². The zero-order chi connectivity index (χ0) is 8.53. The summed E-state index contributed by atoms with van der Waals surface area (Å²) in [6.45, 7) is 1.98. The van der Waals surface area contributed by atoms with Crippen LogP contribution in [0.15, 0.2) is 12.2 Å². The second-order valence-corrected chi connectivity index (χ2v) is 2.65. The van der Waals surface area contributed by atoms with E-state index in [9.17, 15) is 0 Å². The van der Waals surface area contributed by atoms with E-state index in [1.54, 1.807) is 0 Å². The van der Waals surface area contributed by atoms with Crippen molar-refractivity contribution in [3.8, 4) is 0 Å². The minimum atomic E-state index is -0.523. The Morgan fingerprint density at radius 3 is 2.64 bits per heavy atom. The minimum Gasteiger partial charge on any atom is -0.394 e. The molecule has 1 atom stereocenters. The van der Waals surface area contributed by atoms with Crippen molar-refractivity contribution in [2.24, 2.45) is 0 Å². The lowest BCUT2D eigenvalue weighted by atomic mass is 10.1. The van der Waals surface area contributed by atoms with Gasteiger partial charge in [-0.05, 0) is 25.7 Å². The summed E-state index contributed by atoms with van der Waals surface area (Å²) < 4.78 is 0. The van der Waals surface area contributed by atoms with Gasteiger partial charge in [0.15, 0.2) is 0 Å². The first-order chi connectivity index (χ1) is 5.31. The molecule has 0 aromatic heterocycles. The molecule has 11 heavy (non-hydrogen) atoms. The molecule has 2 heteroatoms. The van der Waals surface area contributed by atoms with E-state index in [1.165, 1.54) is 0 Å². The Morgan fingerprint density at radius 2 is 2.09 bits per heavy atom. The Balaban J connectivity index is 3.07. The van der Waals surface area contributed by atoms with Crippen molar-refractivity contribution < 1.29 is 10.2 Å². The van der Waals surface area contributed by atoms with Gasteiger partial charge in [0, 0.05) is 0 Å². The van der Waals surface area contributed by atoms with Crippen molar-refractivity contribution in [2.75, 3.05) is 6.61 Å². The van der Waals surface area contributed by atoms with Gasteiger partial charge in [-0.2, -0.15) is 0 Å². The molecule has 0 saturated heterocycles. The summed E-state index contributed by atoms with van der Waals surface area (Å²) in [4.78, 5) is 0. The standard InChI is InChI=1S/C9H18O2/c1-2-3-4-5-6-7-9(11)8-10/h3-4,9-11H,2,5-8H2,1H3/b4-3+. The van der Waals surface area contributed by atoms with Gasteiger partial charge in [0.2, 0.25) is 0 Å². The van der Waals surface area contributed by atoms with Crippen molar-refractivity contribution >= 4 is 0 Å². The number of hydrogen-bond acceptors (Lipinski definition) is 2. The third kappa shape index (κ3) is 7.56. The van der Waals surface area contributed by atoms with E-state index < -0.39 is 6.10 Å². The molecule has 0 aromatic rings. The summed E-state index contributed by atoms with van der Waals surface area (Å²) in [5, 5.41) is 17.4. The summed E-state index contributed by atoms with van der Waals surface area (Å²) in [7, 11) is 0. The van der Waals surface area contributed by atoms with Gasteiger partial charge < -0.3 is 10.2 Å². The highest BCUT2D eigenvalue weighted by molar-refractivity contribution is 4.79. The molecule has 0 saturated carbocycles. The molecule has 1 unspecified atom stereocenters. The lowest BCUT2D eigenvalue weighted by Gasteiger charge is -2.03. The molecular formula is C9H18O2. The van der Waals surface area contributed by atoms with Crippen LogP contribution in [0.4, 0.5) is 0 Å². The van der Waals surface area contributed by atoms with Gasteiger partial charge in [0.05, 0.1) is 12.7 Å². The van der Waals surface area contributed by atoms with Gasteiger partial charge in [-0.15, -0.1) is 0 Å². The highest BCUT2D eigenvalue weighted by Crippen LogP contribution is 2.01. The molecule has 0 aliphatic rings. The summed E-state index contributed by atoms with van der Waals surface area (Å²) in [6.07, 6.45) is 7.44. The minimum absolute atomic E-state index is 0.114. The van der Waals surface area contributed by atoms with Gasteiger partial charge in [0.1, 0.15) is 0 Å². The van der Waals surface area contributed by atoms with Crippen LogP contribution in [0.2, 0.25) is 0 Å². The lowest BCUT2D eigenvalue weighted by molar-refractivity contribution is 0.0868. The molecule has 0 aliphatic heterocycles. The van der Waals surface area contributed by atoms with Gasteiger partial charge >= 0.3 is 0 Å². The predicted molar refractivity (Wildman–Crippen MR) is 46.4 cm³/mol. The van der Waals surface area contributed by atoms with Gasteiger partial charge in [-0.3, -0.25) is 0 Å². The topological polar surface area (TPSA) is 40.5 Å². The molecule has 0 rings (SSSR count). The van der Waals surface area contributed by atoms with E-state index >= 15 is 0 Å². The zero-order valence-electron chi connectivity index (χ0n) is 7.16. The normalized spacial score (nSPS) is 14.1. The van der Waals surface area contributed by atoms with E-state index in [2.05, 4.69) is 19.1 Å². The van der Waals surface area contributed by atoms with Crippen LogP contribution in [0.5, 0.6) is 0 Å². The lowest BCUT2D eigenvalue weighted by Crippen LogP contribution is -2.10.